The van der Waals surface area contributed by atoms with Crippen LogP contribution >= 0.6 is 0 Å². The molecule has 1 rings (SSSR count). The molecule has 0 aliphatic heterocycles. The first-order valence-corrected chi connectivity index (χ1v) is 6.45. The van der Waals surface area contributed by atoms with Crippen LogP contribution in [-0.2, 0) is 0 Å². The lowest BCUT2D eigenvalue weighted by atomic mass is 10.1. The van der Waals surface area contributed by atoms with Crippen LogP contribution in [0, 0.1) is 13.8 Å². The molecule has 6 nitrogen and oxygen atoms in total. The van der Waals surface area contributed by atoms with Gasteiger partial charge in [-0.3, -0.25) is 4.98 Å². The molecule has 0 radical (unpaired) electrons. The summed E-state index contributed by atoms with van der Waals surface area (Å²) in [6.45, 7) is 8.33. The monoisotopic (exact) mass is 280 g/mol. The Labute approximate surface area is 120 Å². The van der Waals surface area contributed by atoms with Gasteiger partial charge in [-0.1, -0.05) is 5.16 Å². The van der Waals surface area contributed by atoms with Gasteiger partial charge in [0.15, 0.2) is 5.84 Å². The Morgan fingerprint density at radius 2 is 2.05 bits per heavy atom. The minimum atomic E-state index is -0.131. The Balaban J connectivity index is 3.12. The van der Waals surface area contributed by atoms with Gasteiger partial charge >= 0.3 is 0 Å². The van der Waals surface area contributed by atoms with Crippen molar-refractivity contribution >= 4 is 5.84 Å². The first-order valence-electron chi connectivity index (χ1n) is 6.45. The number of pyridine rings is 1. The van der Waals surface area contributed by atoms with Crippen molar-refractivity contribution in [3.63, 3.8) is 0 Å². The van der Waals surface area contributed by atoms with Gasteiger partial charge in [0.05, 0.1) is 11.3 Å². The van der Waals surface area contributed by atoms with Crippen LogP contribution in [0.3, 0.4) is 0 Å². The van der Waals surface area contributed by atoms with E-state index in [1.165, 1.54) is 0 Å². The normalized spacial score (nSPS) is 12.8. The van der Waals surface area contributed by atoms with Crippen LogP contribution in [0.2, 0.25) is 0 Å². The number of nitrogens with zero attached hydrogens (tertiary/aromatic N) is 3. The smallest absolute Gasteiger partial charge is 0.175 e. The second-order valence-corrected chi connectivity index (χ2v) is 5.70. The summed E-state index contributed by atoms with van der Waals surface area (Å²) in [5.41, 5.74) is 7.63. The summed E-state index contributed by atoms with van der Waals surface area (Å²) in [5, 5.41) is 11.9. The molecular weight excluding hydrogens is 256 g/mol. The molecule has 1 aromatic heterocycles. The number of likely N-dealkylation sites (N-methyl/N-ethyl adjacent to an activating group) is 1. The zero-order chi connectivity index (χ0) is 15.5. The molecule has 112 valence electrons. The summed E-state index contributed by atoms with van der Waals surface area (Å²) in [6.07, 6.45) is 0. The van der Waals surface area contributed by atoms with Crippen molar-refractivity contribution in [2.75, 3.05) is 20.7 Å². The van der Waals surface area contributed by atoms with E-state index in [1.54, 1.807) is 6.07 Å². The van der Waals surface area contributed by atoms with Crippen molar-refractivity contribution in [2.24, 2.45) is 10.9 Å². The summed E-state index contributed by atoms with van der Waals surface area (Å²) in [4.78, 5) is 6.40. The Kier molecular flexibility index (Phi) is 4.94. The number of aryl methyl sites for hydroxylation is 2. The fraction of sp³-hybridized carbons (Fsp3) is 0.571. The highest BCUT2D eigenvalue weighted by molar-refractivity contribution is 6.00. The van der Waals surface area contributed by atoms with Gasteiger partial charge in [-0.25, -0.2) is 0 Å². The molecule has 0 atom stereocenters. The summed E-state index contributed by atoms with van der Waals surface area (Å²) >= 11 is 0. The van der Waals surface area contributed by atoms with Gasteiger partial charge in [0.1, 0.15) is 12.4 Å². The molecule has 6 heteroatoms. The van der Waals surface area contributed by atoms with Crippen molar-refractivity contribution in [2.45, 2.75) is 33.2 Å². The molecule has 0 spiro atoms. The van der Waals surface area contributed by atoms with E-state index in [-0.39, 0.29) is 11.4 Å². The fourth-order valence-corrected chi connectivity index (χ4v) is 1.65. The lowest BCUT2D eigenvalue weighted by Crippen LogP contribution is -2.43. The van der Waals surface area contributed by atoms with E-state index >= 15 is 0 Å². The highest BCUT2D eigenvalue weighted by Crippen LogP contribution is 2.24. The maximum absolute atomic E-state index is 8.89. The zero-order valence-electron chi connectivity index (χ0n) is 13.1. The number of ether oxygens (including phenoxy) is 1. The highest BCUT2D eigenvalue weighted by atomic mass is 16.5. The van der Waals surface area contributed by atoms with Gasteiger partial charge in [-0.15, -0.1) is 0 Å². The average Bonchev–Trinajstić information content (AvgIpc) is 2.34. The second-order valence-electron chi connectivity index (χ2n) is 5.70. The topological polar surface area (TPSA) is 84.0 Å². The second kappa shape index (κ2) is 6.09. The fourth-order valence-electron chi connectivity index (χ4n) is 1.65. The third-order valence-corrected chi connectivity index (χ3v) is 3.45. The summed E-state index contributed by atoms with van der Waals surface area (Å²) in [6, 6.07) is 1.80. The molecule has 0 saturated carbocycles. The van der Waals surface area contributed by atoms with Crippen LogP contribution in [-0.4, -0.2) is 47.2 Å². The molecule has 0 amide bonds. The lowest BCUT2D eigenvalue weighted by Gasteiger charge is -2.32. The maximum atomic E-state index is 8.89. The van der Waals surface area contributed by atoms with E-state index in [9.17, 15) is 0 Å². The van der Waals surface area contributed by atoms with Gasteiger partial charge in [0.25, 0.3) is 0 Å². The van der Waals surface area contributed by atoms with E-state index in [0.717, 1.165) is 5.69 Å². The standard InChI is InChI=1S/C14H24N4O2/c1-9-7-11(20-8-14(3,4)18(5)6)12(10(2)16-9)13(15)17-19/h7,19H,8H2,1-6H3,(H2,15,17). The molecule has 0 aliphatic rings. The van der Waals surface area contributed by atoms with Crippen molar-refractivity contribution in [3.8, 4) is 5.75 Å². The Hall–Kier alpha value is -1.82. The maximum Gasteiger partial charge on any atom is 0.175 e. The Morgan fingerprint density at radius 3 is 2.55 bits per heavy atom. The van der Waals surface area contributed by atoms with Crippen molar-refractivity contribution < 1.29 is 9.94 Å². The SMILES string of the molecule is Cc1cc(OCC(C)(C)N(C)C)c(/C(N)=N/O)c(C)n1. The molecule has 20 heavy (non-hydrogen) atoms. The van der Waals surface area contributed by atoms with Crippen molar-refractivity contribution in [3.05, 3.63) is 23.0 Å². The van der Waals surface area contributed by atoms with Crippen LogP contribution < -0.4 is 10.5 Å². The number of aromatic nitrogens is 1. The molecule has 0 aliphatic carbocycles. The Bertz CT molecular complexity index is 510. The number of hydrogen-bond donors (Lipinski definition) is 2. The van der Waals surface area contributed by atoms with Crippen LogP contribution in [0.5, 0.6) is 5.75 Å². The minimum Gasteiger partial charge on any atom is -0.491 e. The first-order chi connectivity index (χ1) is 9.19. The van der Waals surface area contributed by atoms with Crippen LogP contribution in [0.25, 0.3) is 0 Å². The van der Waals surface area contributed by atoms with Gasteiger partial charge in [0, 0.05) is 17.3 Å². The van der Waals surface area contributed by atoms with Crippen LogP contribution in [0.15, 0.2) is 11.2 Å². The van der Waals surface area contributed by atoms with E-state index in [2.05, 4.69) is 28.9 Å². The third kappa shape index (κ3) is 3.60. The molecular formula is C14H24N4O2. The van der Waals surface area contributed by atoms with E-state index in [4.69, 9.17) is 15.7 Å². The van der Waals surface area contributed by atoms with E-state index < -0.39 is 0 Å². The molecule has 0 fully saturated rings. The van der Waals surface area contributed by atoms with Gasteiger partial charge < -0.3 is 20.6 Å². The number of oxime groups is 1. The van der Waals surface area contributed by atoms with Crippen LogP contribution in [0.1, 0.15) is 30.8 Å². The number of nitrogens with two attached hydrogens (primary N) is 1. The highest BCUT2D eigenvalue weighted by Gasteiger charge is 2.23. The summed E-state index contributed by atoms with van der Waals surface area (Å²) in [5.74, 6) is 0.591. The number of hydrogen-bond acceptors (Lipinski definition) is 5. The Morgan fingerprint density at radius 1 is 1.45 bits per heavy atom. The van der Waals surface area contributed by atoms with E-state index in [1.807, 2.05) is 27.9 Å². The van der Waals surface area contributed by atoms with Gasteiger partial charge in [-0.05, 0) is 41.8 Å². The average molecular weight is 280 g/mol. The lowest BCUT2D eigenvalue weighted by molar-refractivity contribution is 0.113. The molecule has 1 aromatic rings. The van der Waals surface area contributed by atoms with Crippen molar-refractivity contribution in [1.82, 2.24) is 9.88 Å². The summed E-state index contributed by atoms with van der Waals surface area (Å²) < 4.78 is 5.89. The zero-order valence-corrected chi connectivity index (χ0v) is 13.1. The molecule has 0 bridgehead atoms. The predicted molar refractivity (Wildman–Crippen MR) is 79.5 cm³/mol. The molecule has 0 aromatic carbocycles. The molecule has 0 saturated heterocycles. The number of rotatable bonds is 5. The third-order valence-electron chi connectivity index (χ3n) is 3.45. The molecule has 0 unspecified atom stereocenters. The van der Waals surface area contributed by atoms with Gasteiger partial charge in [-0.2, -0.15) is 0 Å². The number of amidine groups is 1. The van der Waals surface area contributed by atoms with Crippen molar-refractivity contribution in [1.29, 1.82) is 0 Å². The molecule has 1 heterocycles. The molecule has 3 N–H and O–H groups in total. The first kappa shape index (κ1) is 16.2. The quantitative estimate of drug-likeness (QED) is 0.370. The largest absolute Gasteiger partial charge is 0.491 e. The van der Waals surface area contributed by atoms with Crippen LogP contribution in [0.4, 0.5) is 0 Å². The summed E-state index contributed by atoms with van der Waals surface area (Å²) in [7, 11) is 3.99. The predicted octanol–water partition coefficient (Wildman–Crippen LogP) is 1.51. The minimum absolute atomic E-state index is 0.00709. The van der Waals surface area contributed by atoms with Gasteiger partial charge in [0.2, 0.25) is 0 Å². The van der Waals surface area contributed by atoms with E-state index in [0.29, 0.717) is 23.6 Å².